The Bertz CT molecular complexity index is 1050. The van der Waals surface area contributed by atoms with Gasteiger partial charge in [-0.1, -0.05) is 34.1 Å². The first-order valence-corrected chi connectivity index (χ1v) is 8.97. The number of imidazole rings is 1. The van der Waals surface area contributed by atoms with Gasteiger partial charge in [-0.3, -0.25) is 0 Å². The lowest BCUT2D eigenvalue weighted by Gasteiger charge is -2.09. The average molecular weight is 410 g/mol. The van der Waals surface area contributed by atoms with Gasteiger partial charge in [0.05, 0.1) is 11.0 Å². The van der Waals surface area contributed by atoms with Crippen LogP contribution in [0.3, 0.4) is 0 Å². The molecule has 8 heteroatoms. The summed E-state index contributed by atoms with van der Waals surface area (Å²) in [6, 6.07) is 15.7. The molecule has 4 rings (SSSR count). The van der Waals surface area contributed by atoms with Crippen LogP contribution in [0.2, 0.25) is 0 Å². The molecule has 0 saturated heterocycles. The summed E-state index contributed by atoms with van der Waals surface area (Å²) < 4.78 is 2.85. The van der Waals surface area contributed by atoms with Crippen molar-refractivity contribution in [3.8, 4) is 5.95 Å². The number of aromatic nitrogens is 5. The van der Waals surface area contributed by atoms with Gasteiger partial charge in [-0.2, -0.15) is 4.98 Å². The molecule has 2 N–H and O–H groups in total. The van der Waals surface area contributed by atoms with E-state index in [4.69, 9.17) is 0 Å². The Morgan fingerprint density at radius 1 is 1.04 bits per heavy atom. The highest BCUT2D eigenvalue weighted by molar-refractivity contribution is 9.10. The van der Waals surface area contributed by atoms with Crippen molar-refractivity contribution >= 4 is 44.5 Å². The third-order valence-electron chi connectivity index (χ3n) is 3.74. The molecule has 7 nitrogen and oxygen atoms in total. The topological polar surface area (TPSA) is 80.5 Å². The number of hydrogen-bond acceptors (Lipinski definition) is 6. The zero-order valence-corrected chi connectivity index (χ0v) is 15.6. The Labute approximate surface area is 158 Å². The van der Waals surface area contributed by atoms with Gasteiger partial charge in [0.15, 0.2) is 0 Å². The van der Waals surface area contributed by atoms with Gasteiger partial charge in [0.2, 0.25) is 17.8 Å². The Hall–Kier alpha value is -3.00. The third kappa shape index (κ3) is 3.23. The molecular formula is C18H16BrN7. The number of fused-ring (bicyclic) bond motifs is 1. The van der Waals surface area contributed by atoms with Gasteiger partial charge in [0.25, 0.3) is 0 Å². The monoisotopic (exact) mass is 409 g/mol. The molecule has 130 valence electrons. The van der Waals surface area contributed by atoms with Gasteiger partial charge in [-0.25, -0.2) is 19.5 Å². The van der Waals surface area contributed by atoms with E-state index in [1.807, 2.05) is 60.0 Å². The van der Waals surface area contributed by atoms with Crippen LogP contribution in [0.15, 0.2) is 59.3 Å². The van der Waals surface area contributed by atoms with Crippen molar-refractivity contribution < 1.29 is 0 Å². The van der Waals surface area contributed by atoms with Crippen molar-refractivity contribution in [3.05, 3.63) is 59.3 Å². The van der Waals surface area contributed by atoms with Crippen LogP contribution in [0.25, 0.3) is 17.0 Å². The molecule has 2 aromatic carbocycles. The Kier molecular flexibility index (Phi) is 4.49. The number of nitrogens with zero attached hydrogens (tertiary/aromatic N) is 5. The van der Waals surface area contributed by atoms with Crippen molar-refractivity contribution in [3.63, 3.8) is 0 Å². The molecule has 0 spiro atoms. The highest BCUT2D eigenvalue weighted by Gasteiger charge is 2.15. The number of nitrogens with one attached hydrogen (secondary N) is 2. The van der Waals surface area contributed by atoms with E-state index in [0.717, 1.165) is 27.7 Å². The van der Waals surface area contributed by atoms with Crippen molar-refractivity contribution in [2.24, 2.45) is 0 Å². The minimum absolute atomic E-state index is 0.473. The molecule has 0 radical (unpaired) electrons. The predicted molar refractivity (Wildman–Crippen MR) is 106 cm³/mol. The minimum atomic E-state index is 0.473. The molecule has 0 amide bonds. The van der Waals surface area contributed by atoms with Crippen LogP contribution in [0.1, 0.15) is 6.92 Å². The highest BCUT2D eigenvalue weighted by Crippen LogP contribution is 2.26. The van der Waals surface area contributed by atoms with E-state index in [-0.39, 0.29) is 0 Å². The lowest BCUT2D eigenvalue weighted by Crippen LogP contribution is -2.10. The Morgan fingerprint density at radius 2 is 1.88 bits per heavy atom. The molecule has 0 aliphatic heterocycles. The van der Waals surface area contributed by atoms with Gasteiger partial charge in [-0.15, -0.1) is 0 Å². The van der Waals surface area contributed by atoms with E-state index in [0.29, 0.717) is 17.8 Å². The van der Waals surface area contributed by atoms with E-state index in [2.05, 4.69) is 46.5 Å². The summed E-state index contributed by atoms with van der Waals surface area (Å²) in [5.41, 5.74) is 2.68. The van der Waals surface area contributed by atoms with Crippen LogP contribution in [-0.2, 0) is 0 Å². The molecular weight excluding hydrogens is 394 g/mol. The van der Waals surface area contributed by atoms with Crippen molar-refractivity contribution in [1.29, 1.82) is 0 Å². The molecule has 2 aromatic heterocycles. The summed E-state index contributed by atoms with van der Waals surface area (Å²) in [5.74, 6) is 1.66. The molecule has 0 atom stereocenters. The fourth-order valence-electron chi connectivity index (χ4n) is 2.63. The van der Waals surface area contributed by atoms with E-state index in [9.17, 15) is 0 Å². The summed E-state index contributed by atoms with van der Waals surface area (Å²) in [6.07, 6.45) is 1.49. The van der Waals surface area contributed by atoms with E-state index >= 15 is 0 Å². The first-order valence-electron chi connectivity index (χ1n) is 8.18. The van der Waals surface area contributed by atoms with Crippen LogP contribution < -0.4 is 10.6 Å². The van der Waals surface area contributed by atoms with Gasteiger partial charge < -0.3 is 10.6 Å². The summed E-state index contributed by atoms with van der Waals surface area (Å²) in [6.45, 7) is 2.76. The number of para-hydroxylation sites is 1. The number of benzene rings is 2. The van der Waals surface area contributed by atoms with Crippen LogP contribution in [0.5, 0.6) is 0 Å². The first-order chi connectivity index (χ1) is 12.7. The quantitative estimate of drug-likeness (QED) is 0.515. The second-order valence-electron chi connectivity index (χ2n) is 5.53. The molecule has 2 heterocycles. The summed E-state index contributed by atoms with van der Waals surface area (Å²) >= 11 is 3.52. The second kappa shape index (κ2) is 7.09. The molecule has 0 unspecified atom stereocenters. The van der Waals surface area contributed by atoms with Crippen LogP contribution in [0.4, 0.5) is 17.6 Å². The number of rotatable bonds is 5. The summed E-state index contributed by atoms with van der Waals surface area (Å²) in [4.78, 5) is 17.8. The molecule has 0 bridgehead atoms. The van der Waals surface area contributed by atoms with Crippen LogP contribution in [0, 0.1) is 0 Å². The number of halogens is 1. The fraction of sp³-hybridized carbons (Fsp3) is 0.111. The smallest absolute Gasteiger partial charge is 0.241 e. The normalized spacial score (nSPS) is 10.8. The van der Waals surface area contributed by atoms with Gasteiger partial charge in [0.1, 0.15) is 6.33 Å². The molecule has 0 fully saturated rings. The SMILES string of the molecule is CCNc1nc2ccc(Br)cc2n1-c1ncnc(Nc2ccccc2)n1. The lowest BCUT2D eigenvalue weighted by molar-refractivity contribution is 0.913. The van der Waals surface area contributed by atoms with Crippen molar-refractivity contribution in [2.75, 3.05) is 17.2 Å². The van der Waals surface area contributed by atoms with Crippen LogP contribution >= 0.6 is 15.9 Å². The Balaban J connectivity index is 1.81. The van der Waals surface area contributed by atoms with Gasteiger partial charge in [-0.05, 0) is 37.3 Å². The molecule has 0 aliphatic carbocycles. The molecule has 26 heavy (non-hydrogen) atoms. The average Bonchev–Trinajstić information content (AvgIpc) is 3.00. The fourth-order valence-corrected chi connectivity index (χ4v) is 2.98. The maximum absolute atomic E-state index is 4.64. The predicted octanol–water partition coefficient (Wildman–Crippen LogP) is 4.15. The van der Waals surface area contributed by atoms with Gasteiger partial charge >= 0.3 is 0 Å². The lowest BCUT2D eigenvalue weighted by atomic mass is 10.3. The third-order valence-corrected chi connectivity index (χ3v) is 4.23. The largest absolute Gasteiger partial charge is 0.356 e. The molecule has 0 saturated carbocycles. The van der Waals surface area contributed by atoms with Crippen molar-refractivity contribution in [2.45, 2.75) is 6.92 Å². The standard InChI is InChI=1S/C18H16BrN7/c1-2-20-17-24-14-9-8-12(19)10-15(14)26(17)18-22-11-21-16(25-18)23-13-6-4-3-5-7-13/h3-11H,2H2,1H3,(H,20,24)(H,21,22,23,25). The van der Waals surface area contributed by atoms with E-state index in [1.165, 1.54) is 6.33 Å². The molecule has 0 aliphatic rings. The zero-order chi connectivity index (χ0) is 17.9. The zero-order valence-electron chi connectivity index (χ0n) is 14.0. The second-order valence-corrected chi connectivity index (χ2v) is 6.45. The Morgan fingerprint density at radius 3 is 2.69 bits per heavy atom. The van der Waals surface area contributed by atoms with Gasteiger partial charge in [0, 0.05) is 16.7 Å². The van der Waals surface area contributed by atoms with E-state index < -0.39 is 0 Å². The highest BCUT2D eigenvalue weighted by atomic mass is 79.9. The first kappa shape index (κ1) is 16.5. The van der Waals surface area contributed by atoms with E-state index in [1.54, 1.807) is 0 Å². The van der Waals surface area contributed by atoms with Crippen LogP contribution in [-0.4, -0.2) is 31.0 Å². The maximum atomic E-state index is 4.64. The number of anilines is 3. The van der Waals surface area contributed by atoms with Crippen molar-refractivity contribution in [1.82, 2.24) is 24.5 Å². The minimum Gasteiger partial charge on any atom is -0.356 e. The number of hydrogen-bond donors (Lipinski definition) is 2. The summed E-state index contributed by atoms with van der Waals surface area (Å²) in [5, 5.41) is 6.46. The summed E-state index contributed by atoms with van der Waals surface area (Å²) in [7, 11) is 0. The molecule has 4 aromatic rings. The maximum Gasteiger partial charge on any atom is 0.241 e.